The van der Waals surface area contributed by atoms with Crippen LogP contribution in [-0.2, 0) is 4.74 Å². The maximum atomic E-state index is 12.3. The lowest BCUT2D eigenvalue weighted by molar-refractivity contribution is 0.00734. The number of hydrogen-bond acceptors (Lipinski definition) is 5. The summed E-state index contributed by atoms with van der Waals surface area (Å²) in [4.78, 5) is 23.9. The van der Waals surface area contributed by atoms with Gasteiger partial charge in [-0.15, -0.1) is 0 Å². The Morgan fingerprint density at radius 2 is 1.92 bits per heavy atom. The second-order valence-corrected chi connectivity index (χ2v) is 5.73. The third-order valence-corrected chi connectivity index (χ3v) is 3.85. The number of rotatable bonds is 5. The van der Waals surface area contributed by atoms with E-state index < -0.39 is 11.9 Å². The highest BCUT2D eigenvalue weighted by atomic mass is 16.5. The topological polar surface area (TPSA) is 87.9 Å². The van der Waals surface area contributed by atoms with Crippen molar-refractivity contribution in [2.75, 3.05) is 13.2 Å². The molecule has 1 unspecified atom stereocenters. The Morgan fingerprint density at radius 3 is 2.60 bits per heavy atom. The smallest absolute Gasteiger partial charge is 0.343 e. The van der Waals surface area contributed by atoms with Gasteiger partial charge in [0, 0.05) is 12.7 Å². The van der Waals surface area contributed by atoms with E-state index in [4.69, 9.17) is 19.9 Å². The van der Waals surface area contributed by atoms with Crippen LogP contribution in [0.5, 0.6) is 11.5 Å². The van der Waals surface area contributed by atoms with Gasteiger partial charge in [0.15, 0.2) is 0 Å². The van der Waals surface area contributed by atoms with Crippen LogP contribution in [0.1, 0.15) is 33.6 Å². The van der Waals surface area contributed by atoms with Crippen molar-refractivity contribution in [2.24, 2.45) is 5.73 Å². The molecule has 2 N–H and O–H groups in total. The minimum Gasteiger partial charge on any atom is -0.488 e. The summed E-state index contributed by atoms with van der Waals surface area (Å²) >= 11 is 0. The molecule has 1 aliphatic heterocycles. The number of esters is 1. The van der Waals surface area contributed by atoms with Gasteiger partial charge >= 0.3 is 5.97 Å². The number of ether oxygens (including phenoxy) is 3. The number of hydrogen-bond donors (Lipinski definition) is 1. The lowest BCUT2D eigenvalue weighted by Gasteiger charge is -2.23. The zero-order valence-electron chi connectivity index (χ0n) is 13.6. The van der Waals surface area contributed by atoms with E-state index in [0.717, 1.165) is 19.4 Å². The molecule has 1 fully saturated rings. The maximum Gasteiger partial charge on any atom is 0.343 e. The number of benzene rings is 2. The van der Waals surface area contributed by atoms with E-state index in [9.17, 15) is 9.59 Å². The summed E-state index contributed by atoms with van der Waals surface area (Å²) in [5.74, 6) is -0.670. The van der Waals surface area contributed by atoms with E-state index in [1.807, 2.05) is 0 Å². The SMILES string of the molecule is NC(=O)c1ccc(OC2CCCOC2)cc1OC(=O)c1ccccc1. The van der Waals surface area contributed by atoms with E-state index in [1.165, 1.54) is 12.1 Å². The lowest BCUT2D eigenvalue weighted by Crippen LogP contribution is -2.28. The first-order valence-electron chi connectivity index (χ1n) is 8.09. The van der Waals surface area contributed by atoms with Crippen LogP contribution in [0.25, 0.3) is 0 Å². The van der Waals surface area contributed by atoms with Crippen molar-refractivity contribution < 1.29 is 23.8 Å². The zero-order chi connectivity index (χ0) is 17.6. The highest BCUT2D eigenvalue weighted by molar-refractivity contribution is 5.98. The fourth-order valence-electron chi connectivity index (χ4n) is 2.59. The number of primary amides is 1. The van der Waals surface area contributed by atoms with E-state index in [1.54, 1.807) is 36.4 Å². The van der Waals surface area contributed by atoms with Gasteiger partial charge in [0.25, 0.3) is 5.91 Å². The Bertz CT molecular complexity index is 754. The van der Waals surface area contributed by atoms with Crippen molar-refractivity contribution in [2.45, 2.75) is 18.9 Å². The molecular weight excluding hydrogens is 322 g/mol. The first-order valence-corrected chi connectivity index (χ1v) is 8.09. The molecule has 0 aliphatic carbocycles. The monoisotopic (exact) mass is 341 g/mol. The molecule has 2 aromatic rings. The molecule has 0 aromatic heterocycles. The molecule has 0 radical (unpaired) electrons. The Hall–Kier alpha value is -2.86. The van der Waals surface area contributed by atoms with Crippen molar-refractivity contribution in [3.05, 3.63) is 59.7 Å². The van der Waals surface area contributed by atoms with Gasteiger partial charge in [0.1, 0.15) is 17.6 Å². The van der Waals surface area contributed by atoms with E-state index in [-0.39, 0.29) is 17.4 Å². The Morgan fingerprint density at radius 1 is 1.12 bits per heavy atom. The average Bonchev–Trinajstić information content (AvgIpc) is 2.63. The first-order chi connectivity index (χ1) is 12.1. The number of carbonyl (C=O) groups is 2. The number of amides is 1. The van der Waals surface area contributed by atoms with Crippen molar-refractivity contribution in [1.82, 2.24) is 0 Å². The fraction of sp³-hybridized carbons (Fsp3) is 0.263. The zero-order valence-corrected chi connectivity index (χ0v) is 13.6. The minimum absolute atomic E-state index is 0.0640. The average molecular weight is 341 g/mol. The van der Waals surface area contributed by atoms with Gasteiger partial charge in [-0.1, -0.05) is 18.2 Å². The predicted molar refractivity (Wildman–Crippen MR) is 90.8 cm³/mol. The molecule has 3 rings (SSSR count). The van der Waals surface area contributed by atoms with E-state index >= 15 is 0 Å². The van der Waals surface area contributed by atoms with Crippen LogP contribution in [0.4, 0.5) is 0 Å². The molecule has 1 heterocycles. The summed E-state index contributed by atoms with van der Waals surface area (Å²) in [6.45, 7) is 1.25. The van der Waals surface area contributed by atoms with Gasteiger partial charge in [0.2, 0.25) is 0 Å². The molecule has 1 amide bonds. The first kappa shape index (κ1) is 17.0. The molecule has 25 heavy (non-hydrogen) atoms. The van der Waals surface area contributed by atoms with Gasteiger partial charge in [-0.25, -0.2) is 4.79 Å². The highest BCUT2D eigenvalue weighted by Gasteiger charge is 2.19. The molecule has 6 nitrogen and oxygen atoms in total. The molecule has 0 bridgehead atoms. The summed E-state index contributed by atoms with van der Waals surface area (Å²) in [5.41, 5.74) is 5.87. The van der Waals surface area contributed by atoms with Crippen LogP contribution in [0.2, 0.25) is 0 Å². The standard InChI is InChI=1S/C19H19NO5/c20-18(21)16-9-8-14(24-15-7-4-10-23-12-15)11-17(16)25-19(22)13-5-2-1-3-6-13/h1-3,5-6,8-9,11,15H,4,7,10,12H2,(H2,20,21). The molecule has 1 aliphatic rings. The maximum absolute atomic E-state index is 12.3. The van der Waals surface area contributed by atoms with E-state index in [0.29, 0.717) is 17.9 Å². The van der Waals surface area contributed by atoms with Crippen LogP contribution >= 0.6 is 0 Å². The molecule has 1 saturated heterocycles. The Labute approximate surface area is 145 Å². The van der Waals surface area contributed by atoms with Gasteiger partial charge < -0.3 is 19.9 Å². The fourth-order valence-corrected chi connectivity index (χ4v) is 2.59. The Kier molecular flexibility index (Phi) is 5.30. The van der Waals surface area contributed by atoms with Crippen LogP contribution < -0.4 is 15.2 Å². The van der Waals surface area contributed by atoms with Gasteiger partial charge in [0.05, 0.1) is 17.7 Å². The van der Waals surface area contributed by atoms with Crippen molar-refractivity contribution in [3.8, 4) is 11.5 Å². The van der Waals surface area contributed by atoms with E-state index in [2.05, 4.69) is 0 Å². The summed E-state index contributed by atoms with van der Waals surface area (Å²) in [7, 11) is 0. The number of carbonyl (C=O) groups excluding carboxylic acids is 2. The third kappa shape index (κ3) is 4.36. The molecule has 0 spiro atoms. The molecule has 2 aromatic carbocycles. The van der Waals surface area contributed by atoms with Crippen LogP contribution in [0.15, 0.2) is 48.5 Å². The second kappa shape index (κ2) is 7.81. The highest BCUT2D eigenvalue weighted by Crippen LogP contribution is 2.27. The van der Waals surface area contributed by atoms with Gasteiger partial charge in [-0.3, -0.25) is 4.79 Å². The summed E-state index contributed by atoms with van der Waals surface area (Å²) in [5, 5.41) is 0. The van der Waals surface area contributed by atoms with Crippen LogP contribution in [0, 0.1) is 0 Å². The molecule has 1 atom stereocenters. The predicted octanol–water partition coefficient (Wildman–Crippen LogP) is 2.56. The third-order valence-electron chi connectivity index (χ3n) is 3.85. The van der Waals surface area contributed by atoms with Gasteiger partial charge in [-0.05, 0) is 37.1 Å². The Balaban J connectivity index is 1.80. The molecular formula is C19H19NO5. The molecule has 0 saturated carbocycles. The van der Waals surface area contributed by atoms with Crippen molar-refractivity contribution in [3.63, 3.8) is 0 Å². The largest absolute Gasteiger partial charge is 0.488 e. The minimum atomic E-state index is -0.677. The quantitative estimate of drug-likeness (QED) is 0.667. The lowest BCUT2D eigenvalue weighted by atomic mass is 10.1. The van der Waals surface area contributed by atoms with Crippen molar-refractivity contribution in [1.29, 1.82) is 0 Å². The van der Waals surface area contributed by atoms with Crippen LogP contribution in [-0.4, -0.2) is 31.2 Å². The second-order valence-electron chi connectivity index (χ2n) is 5.73. The molecule has 130 valence electrons. The number of nitrogens with two attached hydrogens (primary N) is 1. The normalized spacial score (nSPS) is 16.9. The van der Waals surface area contributed by atoms with Gasteiger partial charge in [-0.2, -0.15) is 0 Å². The van der Waals surface area contributed by atoms with Crippen molar-refractivity contribution >= 4 is 11.9 Å². The summed E-state index contributed by atoms with van der Waals surface area (Å²) < 4.78 is 16.6. The summed E-state index contributed by atoms with van der Waals surface area (Å²) in [6.07, 6.45) is 1.75. The van der Waals surface area contributed by atoms with Crippen LogP contribution in [0.3, 0.4) is 0 Å². The molecule has 6 heteroatoms. The summed E-state index contributed by atoms with van der Waals surface area (Å²) in [6, 6.07) is 13.2.